The number of amides is 2. The van der Waals surface area contributed by atoms with Gasteiger partial charge in [-0.1, -0.05) is 61.8 Å². The molecule has 7 heteroatoms. The van der Waals surface area contributed by atoms with Crippen LogP contribution in [0.1, 0.15) is 50.3 Å². The van der Waals surface area contributed by atoms with Crippen molar-refractivity contribution >= 4 is 38.8 Å². The fourth-order valence-electron chi connectivity index (χ4n) is 4.07. The number of halogens is 1. The number of nitrogens with zero attached hydrogens (tertiary/aromatic N) is 3. The van der Waals surface area contributed by atoms with Gasteiger partial charge in [0.15, 0.2) is 0 Å². The minimum absolute atomic E-state index is 0.0945. The quantitative estimate of drug-likeness (QED) is 0.344. The molecule has 34 heavy (non-hydrogen) atoms. The van der Waals surface area contributed by atoms with E-state index in [2.05, 4.69) is 48.9 Å². The number of rotatable bonds is 11. The van der Waals surface area contributed by atoms with Crippen LogP contribution in [0.15, 0.2) is 53.0 Å². The highest BCUT2D eigenvalue weighted by atomic mass is 79.9. The van der Waals surface area contributed by atoms with Crippen molar-refractivity contribution in [2.75, 3.05) is 19.6 Å². The van der Waals surface area contributed by atoms with Crippen molar-refractivity contribution in [1.29, 1.82) is 0 Å². The molecule has 1 N–H and O–H groups in total. The van der Waals surface area contributed by atoms with Gasteiger partial charge >= 0.3 is 0 Å². The number of imidazole rings is 1. The summed E-state index contributed by atoms with van der Waals surface area (Å²) in [5.74, 6) is 1.73. The largest absolute Gasteiger partial charge is 0.352 e. The molecule has 1 aromatic heterocycles. The first kappa shape index (κ1) is 25.9. The molecule has 1 heterocycles. The van der Waals surface area contributed by atoms with E-state index in [1.165, 1.54) is 0 Å². The molecule has 0 spiro atoms. The van der Waals surface area contributed by atoms with Crippen molar-refractivity contribution in [3.05, 3.63) is 64.4 Å². The van der Waals surface area contributed by atoms with Gasteiger partial charge in [0.25, 0.3) is 5.91 Å². The molecule has 0 bridgehead atoms. The van der Waals surface area contributed by atoms with Crippen LogP contribution in [0.4, 0.5) is 0 Å². The van der Waals surface area contributed by atoms with Crippen LogP contribution in [0, 0.1) is 11.8 Å². The lowest BCUT2D eigenvalue weighted by Gasteiger charge is -2.27. The van der Waals surface area contributed by atoms with Crippen LogP contribution in [0.2, 0.25) is 0 Å². The minimum atomic E-state index is -0.0945. The zero-order valence-corrected chi connectivity index (χ0v) is 22.1. The Morgan fingerprint density at radius 2 is 1.74 bits per heavy atom. The Hall–Kier alpha value is -2.67. The number of aryl methyl sites for hydroxylation is 1. The van der Waals surface area contributed by atoms with Crippen molar-refractivity contribution in [3.8, 4) is 0 Å². The van der Waals surface area contributed by atoms with Gasteiger partial charge in [0, 0.05) is 36.1 Å². The highest BCUT2D eigenvalue weighted by molar-refractivity contribution is 9.10. The van der Waals surface area contributed by atoms with Crippen LogP contribution in [-0.4, -0.2) is 45.9 Å². The number of aromatic nitrogens is 2. The molecule has 3 rings (SSSR count). The summed E-state index contributed by atoms with van der Waals surface area (Å²) in [6, 6.07) is 15.3. The molecule has 182 valence electrons. The summed E-state index contributed by atoms with van der Waals surface area (Å²) in [5, 5.41) is 2.98. The molecule has 3 aromatic rings. The average Bonchev–Trinajstić information content (AvgIpc) is 3.12. The lowest BCUT2D eigenvalue weighted by molar-refractivity contribution is -0.132. The van der Waals surface area contributed by atoms with E-state index in [0.717, 1.165) is 40.8 Å². The first-order chi connectivity index (χ1) is 16.2. The number of carbonyl (C=O) groups excluding carboxylic acids is 2. The van der Waals surface area contributed by atoms with E-state index in [9.17, 15) is 9.59 Å². The molecule has 0 atom stereocenters. The normalized spacial score (nSPS) is 11.4. The van der Waals surface area contributed by atoms with Crippen molar-refractivity contribution in [2.45, 2.75) is 47.1 Å². The molecule has 2 aromatic carbocycles. The van der Waals surface area contributed by atoms with E-state index in [4.69, 9.17) is 4.98 Å². The summed E-state index contributed by atoms with van der Waals surface area (Å²) in [6.07, 6.45) is 1.41. The fraction of sp³-hybridized carbons (Fsp3) is 0.444. The van der Waals surface area contributed by atoms with Gasteiger partial charge in [0.05, 0.1) is 11.0 Å². The maximum atomic E-state index is 13.3. The smallest absolute Gasteiger partial charge is 0.251 e. The summed E-state index contributed by atoms with van der Waals surface area (Å²) < 4.78 is 2.92. The Morgan fingerprint density at radius 3 is 2.41 bits per heavy atom. The predicted octanol–water partition coefficient (Wildman–Crippen LogP) is 5.30. The second-order valence-electron chi connectivity index (χ2n) is 9.56. The first-order valence-corrected chi connectivity index (χ1v) is 12.8. The van der Waals surface area contributed by atoms with Crippen LogP contribution < -0.4 is 5.32 Å². The van der Waals surface area contributed by atoms with Crippen molar-refractivity contribution in [3.63, 3.8) is 0 Å². The molecular weight excluding hydrogens is 492 g/mol. The van der Waals surface area contributed by atoms with E-state index in [0.29, 0.717) is 30.4 Å². The van der Waals surface area contributed by atoms with Gasteiger partial charge in [-0.05, 0) is 48.6 Å². The molecule has 0 fully saturated rings. The van der Waals surface area contributed by atoms with Crippen LogP contribution in [-0.2, 0) is 17.8 Å². The first-order valence-electron chi connectivity index (χ1n) is 12.0. The number of para-hydroxylation sites is 2. The molecule has 6 nitrogen and oxygen atoms in total. The lowest BCUT2D eigenvalue weighted by Crippen LogP contribution is -2.39. The lowest BCUT2D eigenvalue weighted by atomic mass is 10.1. The second-order valence-corrected chi connectivity index (χ2v) is 10.5. The maximum absolute atomic E-state index is 13.3. The summed E-state index contributed by atoms with van der Waals surface area (Å²) in [6.45, 7) is 10.9. The SMILES string of the molecule is CC(C)CN(CC(C)C)C(=O)Cn1c(CCCNC(=O)c2cccc(Br)c2)nc2ccccc21. The Morgan fingerprint density at radius 1 is 1.03 bits per heavy atom. The van der Waals surface area contributed by atoms with Gasteiger partial charge in [0.1, 0.15) is 12.4 Å². The third-order valence-electron chi connectivity index (χ3n) is 5.50. The van der Waals surface area contributed by atoms with E-state index in [-0.39, 0.29) is 18.4 Å². The van der Waals surface area contributed by atoms with Gasteiger partial charge in [-0.15, -0.1) is 0 Å². The molecule has 0 aliphatic carbocycles. The summed E-state index contributed by atoms with van der Waals surface area (Å²) in [5.41, 5.74) is 2.49. The van der Waals surface area contributed by atoms with E-state index in [1.807, 2.05) is 45.9 Å². The summed E-state index contributed by atoms with van der Waals surface area (Å²) >= 11 is 3.40. The van der Waals surface area contributed by atoms with Crippen LogP contribution >= 0.6 is 15.9 Å². The zero-order valence-electron chi connectivity index (χ0n) is 20.6. The summed E-state index contributed by atoms with van der Waals surface area (Å²) in [4.78, 5) is 32.5. The molecule has 2 amide bonds. The minimum Gasteiger partial charge on any atom is -0.352 e. The number of hydrogen-bond donors (Lipinski definition) is 1. The van der Waals surface area contributed by atoms with Crippen molar-refractivity contribution in [2.24, 2.45) is 11.8 Å². The molecule has 0 aliphatic rings. The zero-order chi connectivity index (χ0) is 24.7. The number of benzene rings is 2. The predicted molar refractivity (Wildman–Crippen MR) is 141 cm³/mol. The van der Waals surface area contributed by atoms with Crippen molar-refractivity contribution in [1.82, 2.24) is 19.8 Å². The third kappa shape index (κ3) is 7.16. The number of hydrogen-bond acceptors (Lipinski definition) is 3. The van der Waals surface area contributed by atoms with Crippen LogP contribution in [0.25, 0.3) is 11.0 Å². The topological polar surface area (TPSA) is 67.2 Å². The third-order valence-corrected chi connectivity index (χ3v) is 5.99. The molecule has 0 saturated heterocycles. The monoisotopic (exact) mass is 526 g/mol. The Balaban J connectivity index is 1.69. The second kappa shape index (κ2) is 12.2. The van der Waals surface area contributed by atoms with Crippen LogP contribution in [0.5, 0.6) is 0 Å². The molecule has 0 radical (unpaired) electrons. The van der Waals surface area contributed by atoms with E-state index in [1.54, 1.807) is 12.1 Å². The molecule has 0 saturated carbocycles. The fourth-order valence-corrected chi connectivity index (χ4v) is 4.47. The van der Waals surface area contributed by atoms with Gasteiger partial charge in [-0.25, -0.2) is 4.98 Å². The van der Waals surface area contributed by atoms with Gasteiger partial charge in [0.2, 0.25) is 5.91 Å². The standard InChI is InChI=1S/C27H35BrN4O2/c1-19(2)16-31(17-20(3)4)26(33)18-32-24-12-6-5-11-23(24)30-25(32)13-8-14-29-27(34)21-9-7-10-22(28)15-21/h5-7,9-12,15,19-20H,8,13-14,16-18H2,1-4H3,(H,29,34). The summed E-state index contributed by atoms with van der Waals surface area (Å²) in [7, 11) is 0. The molecular formula is C27H35BrN4O2. The van der Waals surface area contributed by atoms with Gasteiger partial charge in [-0.2, -0.15) is 0 Å². The van der Waals surface area contributed by atoms with E-state index < -0.39 is 0 Å². The van der Waals surface area contributed by atoms with Gasteiger partial charge in [-0.3, -0.25) is 9.59 Å². The number of carbonyl (C=O) groups is 2. The average molecular weight is 528 g/mol. The Labute approximate surface area is 210 Å². The molecule has 0 aliphatic heterocycles. The Kier molecular flexibility index (Phi) is 9.28. The Bertz CT molecular complexity index is 1110. The van der Waals surface area contributed by atoms with E-state index >= 15 is 0 Å². The van der Waals surface area contributed by atoms with Crippen LogP contribution in [0.3, 0.4) is 0 Å². The number of nitrogens with one attached hydrogen (secondary N) is 1. The highest BCUT2D eigenvalue weighted by Crippen LogP contribution is 2.18. The highest BCUT2D eigenvalue weighted by Gasteiger charge is 2.20. The van der Waals surface area contributed by atoms with Gasteiger partial charge < -0.3 is 14.8 Å². The maximum Gasteiger partial charge on any atom is 0.251 e. The van der Waals surface area contributed by atoms with Crippen molar-refractivity contribution < 1.29 is 9.59 Å². The molecule has 0 unspecified atom stereocenters. The number of fused-ring (bicyclic) bond motifs is 1.